The molecule has 0 aliphatic carbocycles. The number of hydrogen-bond donors (Lipinski definition) is 4. The van der Waals surface area contributed by atoms with Gasteiger partial charge in [0, 0.05) is 6.54 Å². The number of rotatable bonds is 1. The van der Waals surface area contributed by atoms with Crippen LogP contribution in [0.2, 0.25) is 0 Å². The topological polar surface area (TPSA) is 114 Å². The minimum atomic E-state index is -1.12. The summed E-state index contributed by atoms with van der Waals surface area (Å²) < 4.78 is 10.4. The molecule has 2 heterocycles. The third kappa shape index (κ3) is 1.84. The minimum Gasteiger partial charge on any atom is -0.388 e. The van der Waals surface area contributed by atoms with Crippen LogP contribution in [0.1, 0.15) is 0 Å². The second-order valence-electron chi connectivity index (χ2n) is 3.66. The molecule has 2 fully saturated rings. The normalized spacial score (nSPS) is 45.8. The Labute approximate surface area is 86.1 Å². The largest absolute Gasteiger partial charge is 0.388 e. The van der Waals surface area contributed by atoms with Gasteiger partial charge in [-0.25, -0.2) is 0 Å². The highest BCUT2D eigenvalue weighted by Gasteiger charge is 2.47. The van der Waals surface area contributed by atoms with Gasteiger partial charge in [0.05, 0.1) is 0 Å². The van der Waals surface area contributed by atoms with Crippen molar-refractivity contribution in [2.24, 2.45) is 5.73 Å². The van der Waals surface area contributed by atoms with E-state index >= 15 is 0 Å². The zero-order valence-electron chi connectivity index (χ0n) is 8.00. The van der Waals surface area contributed by atoms with Gasteiger partial charge < -0.3 is 30.7 Å². The van der Waals surface area contributed by atoms with E-state index in [1.807, 2.05) is 0 Å². The van der Waals surface area contributed by atoms with Gasteiger partial charge in [-0.05, 0) is 0 Å². The summed E-state index contributed by atoms with van der Waals surface area (Å²) in [7, 11) is 0. The highest BCUT2D eigenvalue weighted by Crippen LogP contribution is 2.23. The maximum atomic E-state index is 11.0. The van der Waals surface area contributed by atoms with E-state index in [0.29, 0.717) is 0 Å². The fraction of sp³-hybridized carbons (Fsp3) is 0.875. The molecule has 5 N–H and O–H groups in total. The fourth-order valence-electron chi connectivity index (χ4n) is 1.81. The lowest BCUT2D eigenvalue weighted by Crippen LogP contribution is -2.68. The number of nitrogens with one attached hydrogen (secondary N) is 1. The van der Waals surface area contributed by atoms with Crippen LogP contribution in [0.4, 0.5) is 0 Å². The molecular weight excluding hydrogens is 204 g/mol. The van der Waals surface area contributed by atoms with Crippen LogP contribution in [0.3, 0.4) is 0 Å². The van der Waals surface area contributed by atoms with Crippen LogP contribution in [0.25, 0.3) is 0 Å². The van der Waals surface area contributed by atoms with Crippen molar-refractivity contribution in [1.29, 1.82) is 0 Å². The van der Waals surface area contributed by atoms with E-state index in [2.05, 4.69) is 5.32 Å². The van der Waals surface area contributed by atoms with Gasteiger partial charge in [0.2, 0.25) is 5.91 Å². The minimum absolute atomic E-state index is 0.0821. The molecule has 5 atom stereocenters. The highest BCUT2D eigenvalue weighted by atomic mass is 16.7. The number of nitrogens with two attached hydrogens (primary N) is 1. The Kier molecular flexibility index (Phi) is 2.89. The predicted molar refractivity (Wildman–Crippen MR) is 47.6 cm³/mol. The number of ether oxygens (including phenoxy) is 2. The molecule has 2 saturated heterocycles. The smallest absolute Gasteiger partial charge is 0.246 e. The van der Waals surface area contributed by atoms with E-state index in [-0.39, 0.29) is 19.1 Å². The summed E-state index contributed by atoms with van der Waals surface area (Å²) >= 11 is 0. The van der Waals surface area contributed by atoms with Gasteiger partial charge in [-0.3, -0.25) is 4.79 Å². The highest BCUT2D eigenvalue weighted by molar-refractivity contribution is 5.78. The molecule has 0 aromatic rings. The van der Waals surface area contributed by atoms with Crippen LogP contribution in [0.5, 0.6) is 0 Å². The summed E-state index contributed by atoms with van der Waals surface area (Å²) in [5, 5.41) is 21.8. The van der Waals surface area contributed by atoms with E-state index in [9.17, 15) is 15.0 Å². The molecule has 7 nitrogen and oxygen atoms in total. The molecule has 86 valence electrons. The summed E-state index contributed by atoms with van der Waals surface area (Å²) in [6.45, 7) is -0.0278. The first-order valence-electron chi connectivity index (χ1n) is 4.76. The fourth-order valence-corrected chi connectivity index (χ4v) is 1.81. The SMILES string of the molecule is NC[C@H]1O[C@H]2OCC(=O)N[C@H]2[C@@H](O)[C@H]1O. The monoisotopic (exact) mass is 218 g/mol. The van der Waals surface area contributed by atoms with Crippen LogP contribution in [0.15, 0.2) is 0 Å². The van der Waals surface area contributed by atoms with Crippen molar-refractivity contribution in [3.05, 3.63) is 0 Å². The van der Waals surface area contributed by atoms with Crippen molar-refractivity contribution in [2.75, 3.05) is 13.2 Å². The Morgan fingerprint density at radius 3 is 2.87 bits per heavy atom. The van der Waals surface area contributed by atoms with E-state index in [1.165, 1.54) is 0 Å². The molecular formula is C8H14N2O5. The van der Waals surface area contributed by atoms with Gasteiger partial charge in [0.15, 0.2) is 6.29 Å². The second-order valence-corrected chi connectivity index (χ2v) is 3.66. The number of carbonyl (C=O) groups excluding carboxylic acids is 1. The molecule has 2 aliphatic heterocycles. The summed E-state index contributed by atoms with van der Waals surface area (Å²) in [5.74, 6) is -0.336. The summed E-state index contributed by atoms with van der Waals surface area (Å²) in [6, 6.07) is -0.732. The molecule has 0 spiro atoms. The van der Waals surface area contributed by atoms with Crippen molar-refractivity contribution < 1.29 is 24.5 Å². The van der Waals surface area contributed by atoms with E-state index < -0.39 is 30.6 Å². The molecule has 0 radical (unpaired) electrons. The number of aliphatic hydroxyl groups excluding tert-OH is 2. The quantitative estimate of drug-likeness (QED) is 0.371. The predicted octanol–water partition coefficient (Wildman–Crippen LogP) is -3.09. The molecule has 1 amide bonds. The first kappa shape index (κ1) is 10.8. The first-order chi connectivity index (χ1) is 7.13. The molecule has 2 rings (SSSR count). The maximum Gasteiger partial charge on any atom is 0.246 e. The van der Waals surface area contributed by atoms with E-state index in [0.717, 1.165) is 0 Å². The number of amides is 1. The standard InChI is InChI=1S/C8H14N2O5/c9-1-3-6(12)7(13)5-8(15-3)14-2-4(11)10-5/h3,5-8,12-13H,1-2,9H2,(H,10,11)/t3-,5+,6+,7-,8-/m1/s1. The molecule has 0 saturated carbocycles. The average Bonchev–Trinajstić information content (AvgIpc) is 2.24. The third-order valence-corrected chi connectivity index (χ3v) is 2.64. The number of fused-ring (bicyclic) bond motifs is 1. The van der Waals surface area contributed by atoms with Crippen molar-refractivity contribution in [2.45, 2.75) is 30.6 Å². The van der Waals surface area contributed by atoms with Crippen LogP contribution in [0, 0.1) is 0 Å². The molecule has 0 aromatic carbocycles. The van der Waals surface area contributed by atoms with Crippen LogP contribution in [-0.2, 0) is 14.3 Å². The molecule has 7 heteroatoms. The summed E-state index contributed by atoms with van der Waals surface area (Å²) in [4.78, 5) is 11.0. The maximum absolute atomic E-state index is 11.0. The lowest BCUT2D eigenvalue weighted by molar-refractivity contribution is -0.270. The molecule has 0 bridgehead atoms. The Morgan fingerprint density at radius 2 is 2.20 bits per heavy atom. The van der Waals surface area contributed by atoms with Gasteiger partial charge in [-0.15, -0.1) is 0 Å². The third-order valence-electron chi connectivity index (χ3n) is 2.64. The van der Waals surface area contributed by atoms with Crippen LogP contribution in [-0.4, -0.2) is 59.9 Å². The first-order valence-corrected chi connectivity index (χ1v) is 4.76. The van der Waals surface area contributed by atoms with Crippen LogP contribution >= 0.6 is 0 Å². The lowest BCUT2D eigenvalue weighted by atomic mass is 9.96. The van der Waals surface area contributed by atoms with Gasteiger partial charge in [0.25, 0.3) is 0 Å². The van der Waals surface area contributed by atoms with Gasteiger partial charge in [0.1, 0.15) is 31.0 Å². The van der Waals surface area contributed by atoms with E-state index in [1.54, 1.807) is 0 Å². The van der Waals surface area contributed by atoms with Crippen molar-refractivity contribution >= 4 is 5.91 Å². The lowest BCUT2D eigenvalue weighted by Gasteiger charge is -2.44. The molecule has 0 aromatic heterocycles. The Balaban J connectivity index is 2.11. The molecule has 15 heavy (non-hydrogen) atoms. The van der Waals surface area contributed by atoms with Crippen LogP contribution < -0.4 is 11.1 Å². The van der Waals surface area contributed by atoms with E-state index in [4.69, 9.17) is 15.2 Å². The second kappa shape index (κ2) is 4.03. The number of aliphatic hydroxyl groups is 2. The zero-order valence-corrected chi connectivity index (χ0v) is 8.00. The van der Waals surface area contributed by atoms with Crippen molar-refractivity contribution in [3.8, 4) is 0 Å². The number of carbonyl (C=O) groups is 1. The number of hydrogen-bond acceptors (Lipinski definition) is 6. The van der Waals surface area contributed by atoms with Gasteiger partial charge >= 0.3 is 0 Å². The molecule has 0 unspecified atom stereocenters. The number of morpholine rings is 1. The van der Waals surface area contributed by atoms with Crippen molar-refractivity contribution in [3.63, 3.8) is 0 Å². The summed E-state index contributed by atoms with van der Waals surface area (Å²) in [5.41, 5.74) is 5.37. The Bertz CT molecular complexity index is 259. The van der Waals surface area contributed by atoms with Gasteiger partial charge in [-0.1, -0.05) is 0 Å². The zero-order chi connectivity index (χ0) is 11.0. The molecule has 2 aliphatic rings. The average molecular weight is 218 g/mol. The summed E-state index contributed by atoms with van der Waals surface area (Å²) in [6.07, 6.45) is -3.65. The Hall–Kier alpha value is -0.730. The van der Waals surface area contributed by atoms with Gasteiger partial charge in [-0.2, -0.15) is 0 Å². The Morgan fingerprint density at radius 1 is 1.47 bits per heavy atom. The van der Waals surface area contributed by atoms with Crippen molar-refractivity contribution in [1.82, 2.24) is 5.32 Å².